The molecule has 1 saturated heterocycles. The number of carbonyl (C=O) groups is 2. The van der Waals surface area contributed by atoms with Crippen LogP contribution in [0.3, 0.4) is 0 Å². The number of rotatable bonds is 3. The Morgan fingerprint density at radius 1 is 1.03 bits per heavy atom. The summed E-state index contributed by atoms with van der Waals surface area (Å²) in [4.78, 5) is 28.2. The van der Waals surface area contributed by atoms with Crippen LogP contribution in [-0.2, 0) is 16.0 Å². The van der Waals surface area contributed by atoms with Gasteiger partial charge in [-0.1, -0.05) is 24.3 Å². The highest BCUT2D eigenvalue weighted by Gasteiger charge is 2.47. The molecule has 2 N–H and O–H groups in total. The van der Waals surface area contributed by atoms with Crippen molar-refractivity contribution in [2.45, 2.75) is 32.7 Å². The van der Waals surface area contributed by atoms with Gasteiger partial charge in [-0.2, -0.15) is 0 Å². The minimum Gasteiger partial charge on any atom is -0.508 e. The van der Waals surface area contributed by atoms with Crippen LogP contribution in [0.15, 0.2) is 66.2 Å². The Morgan fingerprint density at radius 2 is 1.79 bits per heavy atom. The zero-order valence-corrected chi connectivity index (χ0v) is 19.0. The van der Waals surface area contributed by atoms with Crippen molar-refractivity contribution in [1.29, 1.82) is 0 Å². The molecule has 2 aliphatic rings. The van der Waals surface area contributed by atoms with Gasteiger partial charge >= 0.3 is 0 Å². The molecule has 5 rings (SSSR count). The number of ketones is 1. The number of ether oxygens (including phenoxy) is 1. The van der Waals surface area contributed by atoms with E-state index in [1.54, 1.807) is 30.3 Å². The topological polar surface area (TPSA) is 87.1 Å². The first-order chi connectivity index (χ1) is 16.4. The zero-order valence-electron chi connectivity index (χ0n) is 19.0. The molecule has 0 aliphatic carbocycles. The number of aliphatic hydroxyl groups is 1. The number of phenolic OH excluding ortho intramolecular Hbond substituents is 1. The molecule has 3 aromatic carbocycles. The quantitative estimate of drug-likeness (QED) is 0.331. The van der Waals surface area contributed by atoms with E-state index in [4.69, 9.17) is 4.74 Å². The SMILES string of the molecule is Cc1cccc(N2C(=O)C(=O)/C(=C(\O)c3ccc4c(c3)CCCO4)C2c2ccc(O)cc2)c1C. The number of nitrogens with zero attached hydrogens (tertiary/aromatic N) is 1. The number of aromatic hydroxyl groups is 1. The van der Waals surface area contributed by atoms with Gasteiger partial charge in [-0.05, 0) is 85.3 Å². The Kier molecular flexibility index (Phi) is 5.36. The third kappa shape index (κ3) is 3.52. The predicted octanol–water partition coefficient (Wildman–Crippen LogP) is 4.96. The molecule has 1 fully saturated rings. The summed E-state index contributed by atoms with van der Waals surface area (Å²) in [5.74, 6) is -0.825. The van der Waals surface area contributed by atoms with Crippen molar-refractivity contribution in [3.05, 3.63) is 94.1 Å². The summed E-state index contributed by atoms with van der Waals surface area (Å²) in [6.07, 6.45) is 1.69. The number of fused-ring (bicyclic) bond motifs is 1. The first kappa shape index (κ1) is 21.8. The number of anilines is 1. The van der Waals surface area contributed by atoms with E-state index in [-0.39, 0.29) is 17.1 Å². The summed E-state index contributed by atoms with van der Waals surface area (Å²) in [7, 11) is 0. The lowest BCUT2D eigenvalue weighted by Crippen LogP contribution is -2.30. The van der Waals surface area contributed by atoms with E-state index in [1.807, 2.05) is 32.0 Å². The highest BCUT2D eigenvalue weighted by Crippen LogP contribution is 2.44. The molecule has 0 radical (unpaired) electrons. The second kappa shape index (κ2) is 8.37. The molecule has 0 aromatic heterocycles. The molecule has 34 heavy (non-hydrogen) atoms. The van der Waals surface area contributed by atoms with Crippen molar-refractivity contribution in [2.75, 3.05) is 11.5 Å². The van der Waals surface area contributed by atoms with Gasteiger partial charge in [-0.15, -0.1) is 0 Å². The fraction of sp³-hybridized carbons (Fsp3) is 0.214. The molecule has 1 atom stereocenters. The number of amides is 1. The van der Waals surface area contributed by atoms with Gasteiger partial charge in [0.1, 0.15) is 17.3 Å². The first-order valence-corrected chi connectivity index (χ1v) is 11.3. The largest absolute Gasteiger partial charge is 0.508 e. The van der Waals surface area contributed by atoms with E-state index in [0.717, 1.165) is 35.3 Å². The van der Waals surface area contributed by atoms with Crippen molar-refractivity contribution in [3.8, 4) is 11.5 Å². The van der Waals surface area contributed by atoms with Crippen LogP contribution in [0.4, 0.5) is 5.69 Å². The molecule has 1 amide bonds. The first-order valence-electron chi connectivity index (χ1n) is 11.3. The van der Waals surface area contributed by atoms with Crippen LogP contribution in [0.1, 0.15) is 40.3 Å². The van der Waals surface area contributed by atoms with Crippen molar-refractivity contribution in [2.24, 2.45) is 0 Å². The Morgan fingerprint density at radius 3 is 2.56 bits per heavy atom. The number of aliphatic hydroxyl groups excluding tert-OH is 1. The lowest BCUT2D eigenvalue weighted by atomic mass is 9.93. The molecule has 3 aromatic rings. The average Bonchev–Trinajstić information content (AvgIpc) is 3.11. The van der Waals surface area contributed by atoms with Crippen LogP contribution in [0.2, 0.25) is 0 Å². The summed E-state index contributed by atoms with van der Waals surface area (Å²) in [5, 5.41) is 21.2. The van der Waals surface area contributed by atoms with Gasteiger partial charge in [0.25, 0.3) is 11.7 Å². The summed E-state index contributed by atoms with van der Waals surface area (Å²) in [6.45, 7) is 4.50. The third-order valence-electron chi connectivity index (χ3n) is 6.67. The number of hydrogen-bond acceptors (Lipinski definition) is 5. The van der Waals surface area contributed by atoms with E-state index in [0.29, 0.717) is 23.4 Å². The molecule has 2 aliphatic heterocycles. The normalized spacial score (nSPS) is 19.1. The maximum absolute atomic E-state index is 13.4. The summed E-state index contributed by atoms with van der Waals surface area (Å²) >= 11 is 0. The van der Waals surface area contributed by atoms with Gasteiger partial charge in [-0.25, -0.2) is 0 Å². The molecule has 0 saturated carbocycles. The van der Waals surface area contributed by atoms with Gasteiger partial charge in [0.05, 0.1) is 18.2 Å². The van der Waals surface area contributed by atoms with Gasteiger partial charge in [0, 0.05) is 11.3 Å². The van der Waals surface area contributed by atoms with E-state index < -0.39 is 17.7 Å². The van der Waals surface area contributed by atoms with Gasteiger partial charge < -0.3 is 14.9 Å². The van der Waals surface area contributed by atoms with E-state index in [9.17, 15) is 19.8 Å². The molecule has 6 nitrogen and oxygen atoms in total. The van der Waals surface area contributed by atoms with Gasteiger partial charge in [0.2, 0.25) is 0 Å². The van der Waals surface area contributed by atoms with Crippen LogP contribution in [0.5, 0.6) is 11.5 Å². The van der Waals surface area contributed by atoms with Crippen molar-refractivity contribution in [1.82, 2.24) is 0 Å². The van der Waals surface area contributed by atoms with Crippen molar-refractivity contribution in [3.63, 3.8) is 0 Å². The summed E-state index contributed by atoms with van der Waals surface area (Å²) in [6, 6.07) is 16.4. The Labute approximate surface area is 197 Å². The Hall–Kier alpha value is -4.06. The van der Waals surface area contributed by atoms with E-state index >= 15 is 0 Å². The smallest absolute Gasteiger partial charge is 0.300 e. The van der Waals surface area contributed by atoms with Crippen LogP contribution >= 0.6 is 0 Å². The molecule has 6 heteroatoms. The van der Waals surface area contributed by atoms with Crippen molar-refractivity contribution < 1.29 is 24.5 Å². The molecule has 0 spiro atoms. The highest BCUT2D eigenvalue weighted by molar-refractivity contribution is 6.51. The van der Waals surface area contributed by atoms with Crippen LogP contribution in [0.25, 0.3) is 5.76 Å². The van der Waals surface area contributed by atoms with Crippen molar-refractivity contribution >= 4 is 23.1 Å². The highest BCUT2D eigenvalue weighted by atomic mass is 16.5. The summed E-state index contributed by atoms with van der Waals surface area (Å²) < 4.78 is 5.67. The van der Waals surface area contributed by atoms with Crippen LogP contribution in [0, 0.1) is 13.8 Å². The third-order valence-corrected chi connectivity index (χ3v) is 6.67. The maximum atomic E-state index is 13.4. The number of phenols is 1. The van der Waals surface area contributed by atoms with Gasteiger partial charge in [-0.3, -0.25) is 14.5 Å². The lowest BCUT2D eigenvalue weighted by molar-refractivity contribution is -0.132. The Balaban J connectivity index is 1.72. The fourth-order valence-corrected chi connectivity index (χ4v) is 4.71. The predicted molar refractivity (Wildman–Crippen MR) is 129 cm³/mol. The second-order valence-electron chi connectivity index (χ2n) is 8.75. The minimum atomic E-state index is -0.839. The molecular weight excluding hydrogens is 430 g/mol. The Bertz CT molecular complexity index is 1340. The number of hydrogen-bond donors (Lipinski definition) is 2. The molecule has 1 unspecified atom stereocenters. The lowest BCUT2D eigenvalue weighted by Gasteiger charge is -2.27. The monoisotopic (exact) mass is 455 g/mol. The minimum absolute atomic E-state index is 0.0215. The van der Waals surface area contributed by atoms with E-state index in [2.05, 4.69) is 0 Å². The van der Waals surface area contributed by atoms with E-state index in [1.165, 1.54) is 17.0 Å². The zero-order chi connectivity index (χ0) is 24.0. The molecule has 172 valence electrons. The fourth-order valence-electron chi connectivity index (χ4n) is 4.71. The van der Waals surface area contributed by atoms with Gasteiger partial charge in [0.15, 0.2) is 0 Å². The van der Waals surface area contributed by atoms with Crippen LogP contribution in [-0.4, -0.2) is 28.5 Å². The number of aryl methyl sites for hydroxylation is 2. The number of Topliss-reactive ketones (excluding diaryl/α,β-unsaturated/α-hetero) is 1. The molecular formula is C28H25NO5. The van der Waals surface area contributed by atoms with Crippen LogP contribution < -0.4 is 9.64 Å². The summed E-state index contributed by atoms with van der Waals surface area (Å²) in [5.41, 5.74) is 4.52. The molecule has 2 heterocycles. The number of benzene rings is 3. The average molecular weight is 456 g/mol. The maximum Gasteiger partial charge on any atom is 0.300 e. The standard InChI is InChI=1S/C28H25NO5/c1-16-5-3-7-22(17(16)2)29-25(18-8-11-21(30)12-9-18)24(27(32)28(29)33)26(31)20-10-13-23-19(15-20)6-4-14-34-23/h3,5,7-13,15,25,30-31H,4,6,14H2,1-2H3/b26-24-. The molecule has 0 bridgehead atoms. The second-order valence-corrected chi connectivity index (χ2v) is 8.75. The number of carbonyl (C=O) groups excluding carboxylic acids is 2.